The summed E-state index contributed by atoms with van der Waals surface area (Å²) >= 11 is 0. The number of hydrogen-bond acceptors (Lipinski definition) is 6. The Kier molecular flexibility index (Phi) is 9.34. The van der Waals surface area contributed by atoms with Crippen LogP contribution in [0.2, 0.25) is 0 Å². The average Bonchev–Trinajstić information content (AvgIpc) is 2.93. The van der Waals surface area contributed by atoms with E-state index in [1.165, 1.54) is 12.1 Å². The lowest BCUT2D eigenvalue weighted by molar-refractivity contribution is -0.164. The van der Waals surface area contributed by atoms with Gasteiger partial charge in [-0.05, 0) is 74.3 Å². The molecule has 1 unspecified atom stereocenters. The van der Waals surface area contributed by atoms with Crippen LogP contribution in [0.5, 0.6) is 0 Å². The zero-order valence-corrected chi connectivity index (χ0v) is 22.6. The number of ether oxygens (including phenoxy) is 3. The van der Waals surface area contributed by atoms with E-state index in [2.05, 4.69) is 0 Å². The van der Waals surface area contributed by atoms with Crippen molar-refractivity contribution in [2.45, 2.75) is 80.1 Å². The number of sulfone groups is 1. The van der Waals surface area contributed by atoms with Crippen molar-refractivity contribution in [1.29, 1.82) is 0 Å². The first kappa shape index (κ1) is 28.8. The molecular weight excluding hydrogens is 514 g/mol. The molecule has 0 aromatic heterocycles. The maximum Gasteiger partial charge on any atom is 0.245 e. The van der Waals surface area contributed by atoms with Gasteiger partial charge in [-0.15, -0.1) is 0 Å². The highest BCUT2D eigenvalue weighted by atomic mass is 32.2. The van der Waals surface area contributed by atoms with Gasteiger partial charge in [-0.25, -0.2) is 17.2 Å². The van der Waals surface area contributed by atoms with Gasteiger partial charge in [0.05, 0.1) is 11.5 Å². The van der Waals surface area contributed by atoms with E-state index >= 15 is 0 Å². The normalized spacial score (nSPS) is 20.2. The van der Waals surface area contributed by atoms with Crippen LogP contribution in [0.3, 0.4) is 0 Å². The highest BCUT2D eigenvalue weighted by molar-refractivity contribution is 7.93. The van der Waals surface area contributed by atoms with Crippen molar-refractivity contribution in [2.75, 3.05) is 26.4 Å². The molecular formula is C29H36F2O6S. The summed E-state index contributed by atoms with van der Waals surface area (Å²) in [5.74, 6) is -3.06. The average molecular weight is 551 g/mol. The molecule has 6 nitrogen and oxygen atoms in total. The monoisotopic (exact) mass is 550 g/mol. The molecule has 0 N–H and O–H groups in total. The maximum absolute atomic E-state index is 13.9. The summed E-state index contributed by atoms with van der Waals surface area (Å²) in [6.07, 6.45) is 2.69. The van der Waals surface area contributed by atoms with Crippen LogP contribution in [0.15, 0.2) is 53.4 Å². The van der Waals surface area contributed by atoms with Crippen molar-refractivity contribution >= 4 is 15.6 Å². The third-order valence-corrected chi connectivity index (χ3v) is 9.96. The molecule has 2 aromatic rings. The lowest BCUT2D eigenvalue weighted by Crippen LogP contribution is -2.50. The predicted octanol–water partition coefficient (Wildman–Crippen LogP) is 5.77. The Morgan fingerprint density at radius 3 is 2.21 bits per heavy atom. The molecule has 4 rings (SSSR count). The molecule has 208 valence electrons. The van der Waals surface area contributed by atoms with E-state index < -0.39 is 20.5 Å². The van der Waals surface area contributed by atoms with E-state index in [1.54, 1.807) is 12.1 Å². The number of carbonyl (C=O) groups is 1. The number of halogens is 2. The number of hydrogen-bond donors (Lipinski definition) is 0. The van der Waals surface area contributed by atoms with Gasteiger partial charge < -0.3 is 14.2 Å². The van der Waals surface area contributed by atoms with Gasteiger partial charge in [-0.3, -0.25) is 4.79 Å². The second-order valence-electron chi connectivity index (χ2n) is 10.2. The summed E-state index contributed by atoms with van der Waals surface area (Å²) in [5.41, 5.74) is 2.46. The molecule has 2 aliphatic heterocycles. The van der Waals surface area contributed by atoms with Crippen molar-refractivity contribution in [3.63, 3.8) is 0 Å². The summed E-state index contributed by atoms with van der Waals surface area (Å²) in [7, 11) is -3.99. The molecule has 0 radical (unpaired) electrons. The largest absolute Gasteiger partial charge is 0.381 e. The Morgan fingerprint density at radius 2 is 1.63 bits per heavy atom. The van der Waals surface area contributed by atoms with Crippen molar-refractivity contribution in [1.82, 2.24) is 0 Å². The summed E-state index contributed by atoms with van der Waals surface area (Å²) in [6, 6.07) is 13.8. The van der Waals surface area contributed by atoms with Crippen LogP contribution < -0.4 is 0 Å². The zero-order chi connectivity index (χ0) is 27.2. The highest BCUT2D eigenvalue weighted by Gasteiger charge is 2.51. The minimum absolute atomic E-state index is 0.00646. The van der Waals surface area contributed by atoms with Gasteiger partial charge in [0.25, 0.3) is 0 Å². The van der Waals surface area contributed by atoms with Crippen LogP contribution in [0.25, 0.3) is 11.1 Å². The fraction of sp³-hybridized carbons (Fsp3) is 0.552. The molecule has 38 heavy (non-hydrogen) atoms. The number of carbonyl (C=O) groups excluding carboxylic acids is 1. The summed E-state index contributed by atoms with van der Waals surface area (Å²) in [4.78, 5) is 13.5. The van der Waals surface area contributed by atoms with E-state index in [-0.39, 0.29) is 68.9 Å². The lowest BCUT2D eigenvalue weighted by atomic mass is 9.92. The van der Waals surface area contributed by atoms with Gasteiger partial charge in [0.1, 0.15) is 4.75 Å². The maximum atomic E-state index is 13.9. The van der Waals surface area contributed by atoms with Gasteiger partial charge >= 0.3 is 0 Å². The summed E-state index contributed by atoms with van der Waals surface area (Å²) in [5, 5.41) is 0. The molecule has 2 aliphatic rings. The molecule has 2 saturated heterocycles. The third-order valence-electron chi connectivity index (χ3n) is 7.40. The van der Waals surface area contributed by atoms with Gasteiger partial charge in [0.2, 0.25) is 5.92 Å². The minimum Gasteiger partial charge on any atom is -0.381 e. The van der Waals surface area contributed by atoms with Crippen LogP contribution in [0, 0.1) is 0 Å². The van der Waals surface area contributed by atoms with Crippen molar-refractivity contribution < 1.29 is 36.2 Å². The van der Waals surface area contributed by atoms with Gasteiger partial charge in [0, 0.05) is 32.7 Å². The SMILES string of the molecule is CC(F)(F)CCc1ccc(-c2ccc(S(=O)(=O)C3(C(=O)CCOC4CCCCO4)CCOCC3)cc2)cc1. The van der Waals surface area contributed by atoms with Gasteiger partial charge in [-0.1, -0.05) is 36.4 Å². The van der Waals surface area contributed by atoms with Crippen LogP contribution in [-0.2, 0) is 35.3 Å². The Balaban J connectivity index is 1.46. The Bertz CT molecular complexity index is 1160. The second-order valence-corrected chi connectivity index (χ2v) is 12.5. The number of alkyl halides is 2. The molecule has 0 amide bonds. The van der Waals surface area contributed by atoms with Gasteiger partial charge in [0.15, 0.2) is 21.9 Å². The predicted molar refractivity (Wildman–Crippen MR) is 140 cm³/mol. The lowest BCUT2D eigenvalue weighted by Gasteiger charge is -2.35. The quantitative estimate of drug-likeness (QED) is 0.354. The Hall–Kier alpha value is -2.20. The molecule has 2 heterocycles. The molecule has 0 bridgehead atoms. The van der Waals surface area contributed by atoms with E-state index in [1.807, 2.05) is 24.3 Å². The molecule has 9 heteroatoms. The molecule has 0 aliphatic carbocycles. The molecule has 0 saturated carbocycles. The molecule has 2 fully saturated rings. The first-order chi connectivity index (χ1) is 18.1. The smallest absolute Gasteiger partial charge is 0.245 e. The van der Waals surface area contributed by atoms with E-state index in [4.69, 9.17) is 14.2 Å². The zero-order valence-electron chi connectivity index (χ0n) is 21.8. The molecule has 2 aromatic carbocycles. The first-order valence-electron chi connectivity index (χ1n) is 13.3. The highest BCUT2D eigenvalue weighted by Crippen LogP contribution is 2.37. The van der Waals surface area contributed by atoms with Crippen molar-refractivity contribution in [2.24, 2.45) is 0 Å². The third kappa shape index (κ3) is 6.86. The second kappa shape index (κ2) is 12.3. The molecule has 1 atom stereocenters. The fourth-order valence-electron chi connectivity index (χ4n) is 5.03. The first-order valence-corrected chi connectivity index (χ1v) is 14.8. The number of rotatable bonds is 11. The van der Waals surface area contributed by atoms with Crippen molar-refractivity contribution in [3.8, 4) is 11.1 Å². The van der Waals surface area contributed by atoms with E-state index in [9.17, 15) is 22.0 Å². The fourth-order valence-corrected chi connectivity index (χ4v) is 7.08. The number of aryl methyl sites for hydroxylation is 1. The van der Waals surface area contributed by atoms with Crippen LogP contribution in [-0.4, -0.2) is 57.6 Å². The number of ketones is 1. The standard InChI is InChI=1S/C29H36F2O6S/c1-28(30,31)15-13-22-5-7-23(8-6-22)24-9-11-25(12-10-24)38(33,34)29(16-20-35-21-17-29)26(32)14-19-37-27-4-2-3-18-36-27/h5-12,27H,2-4,13-21H2,1H3. The summed E-state index contributed by atoms with van der Waals surface area (Å²) < 4.78 is 69.1. The van der Waals surface area contributed by atoms with E-state index in [0.29, 0.717) is 6.61 Å². The van der Waals surface area contributed by atoms with Crippen LogP contribution in [0.4, 0.5) is 8.78 Å². The number of Topliss-reactive ketones (excluding diaryl/α,β-unsaturated/α-hetero) is 1. The molecule has 0 spiro atoms. The van der Waals surface area contributed by atoms with Crippen LogP contribution in [0.1, 0.15) is 57.4 Å². The van der Waals surface area contributed by atoms with E-state index in [0.717, 1.165) is 42.9 Å². The Morgan fingerprint density at radius 1 is 1.00 bits per heavy atom. The van der Waals surface area contributed by atoms with Crippen molar-refractivity contribution in [3.05, 3.63) is 54.1 Å². The Labute approximate surface area is 223 Å². The van der Waals surface area contributed by atoms with Crippen LogP contribution >= 0.6 is 0 Å². The van der Waals surface area contributed by atoms with Gasteiger partial charge in [-0.2, -0.15) is 0 Å². The summed E-state index contributed by atoms with van der Waals surface area (Å²) in [6.45, 7) is 2.06. The number of benzene rings is 2. The topological polar surface area (TPSA) is 78.9 Å². The minimum atomic E-state index is -3.99.